The van der Waals surface area contributed by atoms with Crippen LogP contribution in [0.2, 0.25) is 0 Å². The topological polar surface area (TPSA) is 97.7 Å². The first-order chi connectivity index (χ1) is 19.6. The molecule has 198 valence electrons. The lowest BCUT2D eigenvalue weighted by molar-refractivity contribution is -0.132. The summed E-state index contributed by atoms with van der Waals surface area (Å²) in [5, 5.41) is 14.6. The van der Waals surface area contributed by atoms with Crippen LogP contribution in [0.4, 0.5) is 21.9 Å². The summed E-state index contributed by atoms with van der Waals surface area (Å²) < 4.78 is 6.07. The van der Waals surface area contributed by atoms with E-state index < -0.39 is 0 Å². The van der Waals surface area contributed by atoms with Crippen LogP contribution < -0.4 is 20.3 Å². The van der Waals surface area contributed by atoms with Crippen molar-refractivity contribution < 1.29 is 14.3 Å². The summed E-state index contributed by atoms with van der Waals surface area (Å²) in [6, 6.07) is 31.6. The Balaban J connectivity index is 1.08. The molecule has 0 spiro atoms. The van der Waals surface area contributed by atoms with E-state index in [0.717, 1.165) is 28.3 Å². The van der Waals surface area contributed by atoms with Crippen molar-refractivity contribution in [2.24, 2.45) is 0 Å². The third-order valence-corrected chi connectivity index (χ3v) is 7.26. The van der Waals surface area contributed by atoms with Crippen LogP contribution in [0, 0.1) is 11.3 Å². The van der Waals surface area contributed by atoms with Crippen LogP contribution in [-0.4, -0.2) is 43.0 Å². The molecule has 0 aliphatic carbocycles. The van der Waals surface area contributed by atoms with E-state index in [1.165, 1.54) is 0 Å². The van der Waals surface area contributed by atoms with Gasteiger partial charge in [0.15, 0.2) is 0 Å². The number of anilines is 3. The second-order valence-corrected chi connectivity index (χ2v) is 9.74. The number of nitrogens with one attached hydrogen (secondary N) is 2. The number of urea groups is 1. The molecule has 1 saturated heterocycles. The normalized spacial score (nSPS) is 14.3. The number of amides is 3. The first-order valence-corrected chi connectivity index (χ1v) is 13.2. The van der Waals surface area contributed by atoms with Gasteiger partial charge < -0.3 is 25.2 Å². The average Bonchev–Trinajstić information content (AvgIpc) is 3.00. The maximum Gasteiger partial charge on any atom is 0.323 e. The number of rotatable bonds is 4. The molecule has 2 aliphatic heterocycles. The molecule has 2 heterocycles. The predicted molar refractivity (Wildman–Crippen MR) is 154 cm³/mol. The molecule has 3 amide bonds. The van der Waals surface area contributed by atoms with Crippen molar-refractivity contribution in [2.45, 2.75) is 5.92 Å². The number of ether oxygens (including phenoxy) is 1. The molecule has 40 heavy (non-hydrogen) atoms. The van der Waals surface area contributed by atoms with E-state index in [4.69, 9.17) is 10.00 Å². The molecule has 0 atom stereocenters. The number of carbonyl (C=O) groups excluding carboxylic acids is 2. The maximum atomic E-state index is 13.8. The lowest BCUT2D eigenvalue weighted by Crippen LogP contribution is -2.50. The zero-order chi connectivity index (χ0) is 27.5. The Morgan fingerprint density at radius 1 is 0.750 bits per heavy atom. The summed E-state index contributed by atoms with van der Waals surface area (Å²) >= 11 is 0. The van der Waals surface area contributed by atoms with Gasteiger partial charge in [-0.2, -0.15) is 5.26 Å². The maximum absolute atomic E-state index is 13.8. The van der Waals surface area contributed by atoms with Gasteiger partial charge in [0.2, 0.25) is 5.91 Å². The number of piperazine rings is 1. The van der Waals surface area contributed by atoms with Gasteiger partial charge >= 0.3 is 6.03 Å². The molecule has 8 nitrogen and oxygen atoms in total. The number of nitriles is 1. The second kappa shape index (κ2) is 10.8. The Morgan fingerprint density at radius 3 is 2.02 bits per heavy atom. The number of hydrogen-bond donors (Lipinski definition) is 2. The smallest absolute Gasteiger partial charge is 0.323 e. The molecule has 0 aromatic heterocycles. The van der Waals surface area contributed by atoms with E-state index in [0.29, 0.717) is 43.1 Å². The molecule has 0 unspecified atom stereocenters. The number of para-hydroxylation sites is 2. The van der Waals surface area contributed by atoms with E-state index in [1.54, 1.807) is 24.3 Å². The summed E-state index contributed by atoms with van der Waals surface area (Å²) in [7, 11) is 0. The van der Waals surface area contributed by atoms with E-state index in [9.17, 15) is 9.59 Å². The van der Waals surface area contributed by atoms with Gasteiger partial charge in [-0.3, -0.25) is 4.79 Å². The molecule has 2 N–H and O–H groups in total. The van der Waals surface area contributed by atoms with Crippen LogP contribution in [0.25, 0.3) is 0 Å². The third kappa shape index (κ3) is 5.05. The molecule has 0 saturated carbocycles. The Labute approximate surface area is 232 Å². The van der Waals surface area contributed by atoms with Gasteiger partial charge in [-0.05, 0) is 54.6 Å². The lowest BCUT2D eigenvalue weighted by Gasteiger charge is -2.38. The molecule has 0 radical (unpaired) electrons. The molecule has 0 bridgehead atoms. The fourth-order valence-electron chi connectivity index (χ4n) is 5.26. The van der Waals surface area contributed by atoms with Crippen molar-refractivity contribution in [1.82, 2.24) is 4.90 Å². The first kappa shape index (κ1) is 25.0. The van der Waals surface area contributed by atoms with E-state index >= 15 is 0 Å². The number of carbonyl (C=O) groups is 2. The third-order valence-electron chi connectivity index (χ3n) is 7.26. The Morgan fingerprint density at radius 2 is 1.38 bits per heavy atom. The molecule has 2 aliphatic rings. The standard InChI is InChI=1S/C32H27N5O3/c33-21-22-6-5-7-24(20-22)35-32(39)34-23-12-14-25(15-13-23)36-16-18-37(19-17-36)31(38)30-26-8-1-3-10-28(26)40-29-11-4-2-9-27(29)30/h1-15,20,30H,16-19H2,(H2,34,35,39). The van der Waals surface area contributed by atoms with E-state index in [2.05, 4.69) is 21.6 Å². The molecular weight excluding hydrogens is 502 g/mol. The number of hydrogen-bond acceptors (Lipinski definition) is 5. The highest BCUT2D eigenvalue weighted by Crippen LogP contribution is 2.44. The Hall–Kier alpha value is -5.29. The zero-order valence-corrected chi connectivity index (χ0v) is 21.7. The summed E-state index contributed by atoms with van der Waals surface area (Å²) in [6.45, 7) is 2.65. The number of fused-ring (bicyclic) bond motifs is 2. The number of benzene rings is 4. The molecule has 1 fully saturated rings. The van der Waals surface area contributed by atoms with Gasteiger partial charge in [0, 0.05) is 54.4 Å². The quantitative estimate of drug-likeness (QED) is 0.349. The fourth-order valence-corrected chi connectivity index (χ4v) is 5.26. The van der Waals surface area contributed by atoms with Crippen LogP contribution in [-0.2, 0) is 4.79 Å². The van der Waals surface area contributed by atoms with Crippen molar-refractivity contribution >= 4 is 29.0 Å². The number of nitrogens with zero attached hydrogens (tertiary/aromatic N) is 3. The summed E-state index contributed by atoms with van der Waals surface area (Å²) in [4.78, 5) is 30.4. The highest BCUT2D eigenvalue weighted by atomic mass is 16.5. The summed E-state index contributed by atoms with van der Waals surface area (Å²) in [6.07, 6.45) is 0. The van der Waals surface area contributed by atoms with Crippen LogP contribution in [0.5, 0.6) is 11.5 Å². The van der Waals surface area contributed by atoms with Gasteiger partial charge in [0.1, 0.15) is 11.5 Å². The van der Waals surface area contributed by atoms with E-state index in [-0.39, 0.29) is 17.9 Å². The van der Waals surface area contributed by atoms with Crippen molar-refractivity contribution in [3.8, 4) is 17.6 Å². The zero-order valence-electron chi connectivity index (χ0n) is 21.7. The molecule has 8 heteroatoms. The van der Waals surface area contributed by atoms with Crippen LogP contribution in [0.3, 0.4) is 0 Å². The van der Waals surface area contributed by atoms with Crippen molar-refractivity contribution in [2.75, 3.05) is 41.7 Å². The van der Waals surface area contributed by atoms with Crippen LogP contribution in [0.15, 0.2) is 97.1 Å². The minimum Gasteiger partial charge on any atom is -0.457 e. The Kier molecular flexibility index (Phi) is 6.77. The monoisotopic (exact) mass is 529 g/mol. The lowest BCUT2D eigenvalue weighted by atomic mass is 9.86. The van der Waals surface area contributed by atoms with Gasteiger partial charge in [-0.15, -0.1) is 0 Å². The van der Waals surface area contributed by atoms with Gasteiger partial charge in [0.05, 0.1) is 17.6 Å². The molecular formula is C32H27N5O3. The second-order valence-electron chi connectivity index (χ2n) is 9.74. The van der Waals surface area contributed by atoms with Crippen molar-refractivity contribution in [3.05, 3.63) is 114 Å². The summed E-state index contributed by atoms with van der Waals surface area (Å²) in [5.41, 5.74) is 4.52. The van der Waals surface area contributed by atoms with Crippen LogP contribution in [0.1, 0.15) is 22.6 Å². The van der Waals surface area contributed by atoms with Crippen LogP contribution >= 0.6 is 0 Å². The first-order valence-electron chi connectivity index (χ1n) is 13.2. The molecule has 4 aromatic rings. The Bertz CT molecular complexity index is 1560. The fraction of sp³-hybridized carbons (Fsp3) is 0.156. The van der Waals surface area contributed by atoms with Crippen molar-refractivity contribution in [3.63, 3.8) is 0 Å². The minimum atomic E-state index is -0.383. The van der Waals surface area contributed by atoms with E-state index in [1.807, 2.05) is 77.7 Å². The summed E-state index contributed by atoms with van der Waals surface area (Å²) in [5.74, 6) is 1.17. The van der Waals surface area contributed by atoms with Crippen molar-refractivity contribution in [1.29, 1.82) is 5.26 Å². The largest absolute Gasteiger partial charge is 0.457 e. The minimum absolute atomic E-state index is 0.0914. The van der Waals surface area contributed by atoms with Gasteiger partial charge in [-0.1, -0.05) is 42.5 Å². The SMILES string of the molecule is N#Cc1cccc(NC(=O)Nc2ccc(N3CCN(C(=O)C4c5ccccc5Oc5ccccc54)CC3)cc2)c1. The van der Waals surface area contributed by atoms with Gasteiger partial charge in [0.25, 0.3) is 0 Å². The molecule has 6 rings (SSSR count). The molecule has 4 aromatic carbocycles. The predicted octanol–water partition coefficient (Wildman–Crippen LogP) is 5.79. The highest BCUT2D eigenvalue weighted by molar-refractivity contribution is 6.00. The highest BCUT2D eigenvalue weighted by Gasteiger charge is 2.36. The van der Waals surface area contributed by atoms with Gasteiger partial charge in [-0.25, -0.2) is 4.79 Å². The average molecular weight is 530 g/mol.